The van der Waals surface area contributed by atoms with Crippen LogP contribution in [0.1, 0.15) is 56.0 Å². The average Bonchev–Trinajstić information content (AvgIpc) is 3.40. The van der Waals surface area contributed by atoms with Crippen molar-refractivity contribution in [1.82, 2.24) is 4.90 Å². The van der Waals surface area contributed by atoms with Gasteiger partial charge in [-0.2, -0.15) is 0 Å². The average molecular weight is 391 g/mol. The van der Waals surface area contributed by atoms with Gasteiger partial charge in [0.05, 0.1) is 18.8 Å². The van der Waals surface area contributed by atoms with Crippen LogP contribution in [-0.2, 0) is 16.1 Å². The second kappa shape index (κ2) is 8.60. The van der Waals surface area contributed by atoms with Gasteiger partial charge in [-0.05, 0) is 75.5 Å². The summed E-state index contributed by atoms with van der Waals surface area (Å²) in [6.07, 6.45) is 3.49. The maximum Gasteiger partial charge on any atom is 0.410 e. The van der Waals surface area contributed by atoms with Crippen molar-refractivity contribution in [3.05, 3.63) is 35.1 Å². The number of nitrogens with zero attached hydrogens (tertiary/aromatic N) is 1. The molecule has 1 aromatic carbocycles. The first kappa shape index (κ1) is 20.8. The lowest BCUT2D eigenvalue weighted by Gasteiger charge is -2.33. The number of amides is 1. The maximum absolute atomic E-state index is 13.6. The van der Waals surface area contributed by atoms with Gasteiger partial charge in [0.15, 0.2) is 6.29 Å². The Labute approximate surface area is 166 Å². The van der Waals surface area contributed by atoms with E-state index in [1.165, 1.54) is 12.1 Å². The molecule has 1 saturated carbocycles. The monoisotopic (exact) mass is 391 g/mol. The van der Waals surface area contributed by atoms with Crippen molar-refractivity contribution in [2.45, 2.75) is 52.2 Å². The van der Waals surface area contributed by atoms with Gasteiger partial charge in [-0.15, -0.1) is 0 Å². The van der Waals surface area contributed by atoms with E-state index in [2.05, 4.69) is 0 Å². The highest BCUT2D eigenvalue weighted by molar-refractivity contribution is 5.75. The Morgan fingerprint density at radius 1 is 1.29 bits per heavy atom. The van der Waals surface area contributed by atoms with E-state index in [9.17, 15) is 14.0 Å². The molecule has 3 rings (SSSR count). The van der Waals surface area contributed by atoms with Crippen LogP contribution in [-0.4, -0.2) is 42.6 Å². The molecule has 28 heavy (non-hydrogen) atoms. The SMILES string of the molecule is CC(C)(C)OC(=O)N1CCC(C2CC2COCc2ccc(C=O)c(F)c2)CC1. The van der Waals surface area contributed by atoms with Crippen molar-refractivity contribution >= 4 is 12.4 Å². The molecular weight excluding hydrogens is 361 g/mol. The highest BCUT2D eigenvalue weighted by Gasteiger charge is 2.44. The van der Waals surface area contributed by atoms with Crippen LogP contribution in [0.25, 0.3) is 0 Å². The van der Waals surface area contributed by atoms with Crippen LogP contribution in [0, 0.1) is 23.6 Å². The molecule has 154 valence electrons. The minimum Gasteiger partial charge on any atom is -0.444 e. The van der Waals surface area contributed by atoms with Crippen molar-refractivity contribution in [2.75, 3.05) is 19.7 Å². The molecule has 1 amide bonds. The van der Waals surface area contributed by atoms with Crippen molar-refractivity contribution in [3.63, 3.8) is 0 Å². The van der Waals surface area contributed by atoms with Gasteiger partial charge < -0.3 is 14.4 Å². The van der Waals surface area contributed by atoms with E-state index in [0.29, 0.717) is 37.3 Å². The van der Waals surface area contributed by atoms with Gasteiger partial charge in [-0.25, -0.2) is 9.18 Å². The topological polar surface area (TPSA) is 55.8 Å². The van der Waals surface area contributed by atoms with E-state index in [1.807, 2.05) is 25.7 Å². The molecule has 1 saturated heterocycles. The molecule has 5 nitrogen and oxygen atoms in total. The number of carbonyl (C=O) groups is 2. The summed E-state index contributed by atoms with van der Waals surface area (Å²) < 4.78 is 24.8. The van der Waals surface area contributed by atoms with Gasteiger partial charge in [0.2, 0.25) is 0 Å². The van der Waals surface area contributed by atoms with Crippen molar-refractivity contribution in [3.8, 4) is 0 Å². The van der Waals surface area contributed by atoms with Crippen LogP contribution in [0.4, 0.5) is 9.18 Å². The molecule has 0 spiro atoms. The number of likely N-dealkylation sites (tertiary alicyclic amines) is 1. The molecule has 2 aliphatic rings. The van der Waals surface area contributed by atoms with Gasteiger partial charge in [-0.1, -0.05) is 6.07 Å². The summed E-state index contributed by atoms with van der Waals surface area (Å²) in [6.45, 7) is 8.20. The van der Waals surface area contributed by atoms with Crippen LogP contribution in [0.3, 0.4) is 0 Å². The van der Waals surface area contributed by atoms with Crippen LogP contribution in [0.15, 0.2) is 18.2 Å². The Morgan fingerprint density at radius 3 is 2.61 bits per heavy atom. The predicted molar refractivity (Wildman–Crippen MR) is 104 cm³/mol. The minimum atomic E-state index is -0.503. The molecule has 1 heterocycles. The number of aldehydes is 1. The molecule has 1 aliphatic heterocycles. The maximum atomic E-state index is 13.6. The molecule has 2 fully saturated rings. The fraction of sp³-hybridized carbons (Fsp3) is 0.636. The Balaban J connectivity index is 1.36. The largest absolute Gasteiger partial charge is 0.444 e. The number of hydrogen-bond donors (Lipinski definition) is 0. The Hall–Kier alpha value is -1.95. The second-order valence-electron chi connectivity index (χ2n) is 8.95. The third kappa shape index (κ3) is 5.53. The van der Waals surface area contributed by atoms with Gasteiger partial charge in [0.25, 0.3) is 0 Å². The lowest BCUT2D eigenvalue weighted by atomic mass is 9.91. The van der Waals surface area contributed by atoms with Gasteiger partial charge in [0, 0.05) is 13.1 Å². The van der Waals surface area contributed by atoms with E-state index >= 15 is 0 Å². The highest BCUT2D eigenvalue weighted by atomic mass is 19.1. The summed E-state index contributed by atoms with van der Waals surface area (Å²) in [5, 5.41) is 0. The third-order valence-corrected chi connectivity index (χ3v) is 5.57. The number of benzene rings is 1. The third-order valence-electron chi connectivity index (χ3n) is 5.57. The number of carbonyl (C=O) groups excluding carboxylic acids is 2. The van der Waals surface area contributed by atoms with E-state index in [0.717, 1.165) is 37.9 Å². The first-order valence-electron chi connectivity index (χ1n) is 10.1. The molecule has 6 heteroatoms. The minimum absolute atomic E-state index is 0.0729. The zero-order chi connectivity index (χ0) is 20.3. The molecule has 2 atom stereocenters. The normalized spacial score (nSPS) is 22.8. The van der Waals surface area contributed by atoms with E-state index in [-0.39, 0.29) is 11.7 Å². The number of hydrogen-bond acceptors (Lipinski definition) is 4. The van der Waals surface area contributed by atoms with Crippen molar-refractivity contribution in [2.24, 2.45) is 17.8 Å². The lowest BCUT2D eigenvalue weighted by Crippen LogP contribution is -2.42. The summed E-state index contributed by atoms with van der Waals surface area (Å²) in [5.74, 6) is 1.35. The standard InChI is InChI=1S/C22H30FNO4/c1-22(2,3)28-21(26)24-8-6-16(7-9-24)19-11-18(19)14-27-13-15-4-5-17(12-25)20(23)10-15/h4-5,10,12,16,18-19H,6-9,11,13-14H2,1-3H3. The number of rotatable bonds is 6. The summed E-state index contributed by atoms with van der Waals surface area (Å²) >= 11 is 0. The van der Waals surface area contributed by atoms with Crippen LogP contribution in [0.2, 0.25) is 0 Å². The molecule has 1 aliphatic carbocycles. The molecule has 1 aromatic rings. The van der Waals surface area contributed by atoms with E-state index in [1.54, 1.807) is 6.07 Å². The molecule has 0 aromatic heterocycles. The zero-order valence-corrected chi connectivity index (χ0v) is 16.9. The fourth-order valence-corrected chi connectivity index (χ4v) is 3.96. The quantitative estimate of drug-likeness (QED) is 0.673. The van der Waals surface area contributed by atoms with Crippen LogP contribution >= 0.6 is 0 Å². The van der Waals surface area contributed by atoms with Gasteiger partial charge >= 0.3 is 6.09 Å². The zero-order valence-electron chi connectivity index (χ0n) is 16.9. The highest BCUT2D eigenvalue weighted by Crippen LogP contribution is 2.48. The fourth-order valence-electron chi connectivity index (χ4n) is 3.96. The van der Waals surface area contributed by atoms with Crippen molar-refractivity contribution in [1.29, 1.82) is 0 Å². The summed E-state index contributed by atoms with van der Waals surface area (Å²) in [6, 6.07) is 4.57. The summed E-state index contributed by atoms with van der Waals surface area (Å²) in [5.41, 5.74) is 0.360. The summed E-state index contributed by atoms with van der Waals surface area (Å²) in [4.78, 5) is 24.6. The van der Waals surface area contributed by atoms with Crippen LogP contribution in [0.5, 0.6) is 0 Å². The smallest absolute Gasteiger partial charge is 0.410 e. The summed E-state index contributed by atoms with van der Waals surface area (Å²) in [7, 11) is 0. The molecule has 0 N–H and O–H groups in total. The molecule has 0 radical (unpaired) electrons. The molecule has 0 bridgehead atoms. The first-order chi connectivity index (χ1) is 13.3. The van der Waals surface area contributed by atoms with Crippen molar-refractivity contribution < 1.29 is 23.5 Å². The lowest BCUT2D eigenvalue weighted by molar-refractivity contribution is 0.0170. The van der Waals surface area contributed by atoms with E-state index < -0.39 is 11.4 Å². The van der Waals surface area contributed by atoms with Gasteiger partial charge in [0.1, 0.15) is 11.4 Å². The second-order valence-corrected chi connectivity index (χ2v) is 8.95. The van der Waals surface area contributed by atoms with Crippen LogP contribution < -0.4 is 0 Å². The van der Waals surface area contributed by atoms with Gasteiger partial charge in [-0.3, -0.25) is 4.79 Å². The number of halogens is 1. The Kier molecular flexibility index (Phi) is 6.38. The predicted octanol–water partition coefficient (Wildman–Crippen LogP) is 4.44. The number of ether oxygens (including phenoxy) is 2. The Bertz CT molecular complexity index is 707. The Morgan fingerprint density at radius 2 is 2.00 bits per heavy atom. The first-order valence-corrected chi connectivity index (χ1v) is 10.1. The van der Waals surface area contributed by atoms with E-state index in [4.69, 9.17) is 9.47 Å². The number of piperidine rings is 1. The molecule has 2 unspecified atom stereocenters. The molecular formula is C22H30FNO4.